The predicted octanol–water partition coefficient (Wildman–Crippen LogP) is 3.30. The molecule has 0 unspecified atom stereocenters. The largest absolute Gasteiger partial charge is 0.467 e. The fourth-order valence-electron chi connectivity index (χ4n) is 2.60. The molecule has 146 valence electrons. The summed E-state index contributed by atoms with van der Waals surface area (Å²) in [6, 6.07) is 15.4. The Morgan fingerprint density at radius 1 is 0.964 bits per heavy atom. The van der Waals surface area contributed by atoms with Crippen molar-refractivity contribution in [2.75, 3.05) is 0 Å². The fourth-order valence-corrected chi connectivity index (χ4v) is 3.70. The Hall–Kier alpha value is -2.90. The first-order valence-electron chi connectivity index (χ1n) is 8.81. The molecule has 0 radical (unpaired) electrons. The summed E-state index contributed by atoms with van der Waals surface area (Å²) >= 11 is 0. The molecule has 0 atom stereocenters. The van der Waals surface area contributed by atoms with Crippen molar-refractivity contribution in [1.82, 2.24) is 10.0 Å². The number of hydrogen-bond acceptors (Lipinski definition) is 4. The van der Waals surface area contributed by atoms with Crippen LogP contribution in [0.25, 0.3) is 0 Å². The van der Waals surface area contributed by atoms with E-state index in [9.17, 15) is 13.2 Å². The zero-order valence-corrected chi connectivity index (χ0v) is 16.5. The first kappa shape index (κ1) is 19.9. The summed E-state index contributed by atoms with van der Waals surface area (Å²) < 4.78 is 32.7. The van der Waals surface area contributed by atoms with Gasteiger partial charge in [0.05, 0.1) is 17.7 Å². The van der Waals surface area contributed by atoms with E-state index < -0.39 is 10.0 Å². The van der Waals surface area contributed by atoms with Crippen LogP contribution in [0.3, 0.4) is 0 Å². The van der Waals surface area contributed by atoms with Crippen molar-refractivity contribution in [3.63, 3.8) is 0 Å². The lowest BCUT2D eigenvalue weighted by Crippen LogP contribution is -2.24. The van der Waals surface area contributed by atoms with Crippen LogP contribution in [-0.2, 0) is 23.1 Å². The van der Waals surface area contributed by atoms with Gasteiger partial charge in [0.15, 0.2) is 0 Å². The molecule has 3 rings (SSSR count). The van der Waals surface area contributed by atoms with Gasteiger partial charge in [0.2, 0.25) is 10.0 Å². The maximum atomic E-state index is 12.5. The summed E-state index contributed by atoms with van der Waals surface area (Å²) in [5, 5.41) is 2.76. The first-order valence-corrected chi connectivity index (χ1v) is 10.3. The van der Waals surface area contributed by atoms with Gasteiger partial charge in [-0.15, -0.1) is 0 Å². The van der Waals surface area contributed by atoms with E-state index in [2.05, 4.69) is 10.0 Å². The smallest absolute Gasteiger partial charge is 0.251 e. The Bertz CT molecular complexity index is 1060. The summed E-state index contributed by atoms with van der Waals surface area (Å²) in [7, 11) is -3.60. The van der Waals surface area contributed by atoms with Crippen LogP contribution in [0, 0.1) is 13.8 Å². The molecule has 0 aliphatic heterocycles. The lowest BCUT2D eigenvalue weighted by atomic mass is 10.1. The zero-order chi connectivity index (χ0) is 20.1. The zero-order valence-electron chi connectivity index (χ0n) is 15.7. The molecule has 0 saturated carbocycles. The highest BCUT2D eigenvalue weighted by atomic mass is 32.2. The SMILES string of the molecule is Cc1ccc(S(=O)(=O)NCc2ccc(C(=O)NCc3ccco3)cc2)cc1C. The van der Waals surface area contributed by atoms with E-state index in [1.807, 2.05) is 13.8 Å². The highest BCUT2D eigenvalue weighted by Crippen LogP contribution is 2.15. The number of hydrogen-bond donors (Lipinski definition) is 2. The van der Waals surface area contributed by atoms with Crippen LogP contribution >= 0.6 is 0 Å². The van der Waals surface area contributed by atoms with E-state index in [-0.39, 0.29) is 17.3 Å². The molecular formula is C21H22N2O4S. The number of carbonyl (C=O) groups is 1. The third-order valence-electron chi connectivity index (χ3n) is 4.47. The van der Waals surface area contributed by atoms with Crippen LogP contribution in [0.4, 0.5) is 0 Å². The molecule has 2 aromatic carbocycles. The van der Waals surface area contributed by atoms with Crippen molar-refractivity contribution < 1.29 is 17.6 Å². The molecule has 0 aliphatic carbocycles. The average molecular weight is 398 g/mol. The molecule has 1 heterocycles. The second kappa shape index (κ2) is 8.41. The second-order valence-electron chi connectivity index (χ2n) is 6.53. The number of furan rings is 1. The van der Waals surface area contributed by atoms with Crippen molar-refractivity contribution in [3.05, 3.63) is 88.9 Å². The topological polar surface area (TPSA) is 88.4 Å². The average Bonchev–Trinajstić information content (AvgIpc) is 3.20. The fraction of sp³-hybridized carbons (Fsp3) is 0.190. The summed E-state index contributed by atoms with van der Waals surface area (Å²) in [5.74, 6) is 0.449. The molecule has 0 spiro atoms. The lowest BCUT2D eigenvalue weighted by Gasteiger charge is -2.09. The van der Waals surface area contributed by atoms with E-state index in [1.54, 1.807) is 60.9 Å². The van der Waals surface area contributed by atoms with Crippen molar-refractivity contribution in [1.29, 1.82) is 0 Å². The van der Waals surface area contributed by atoms with E-state index >= 15 is 0 Å². The summed E-state index contributed by atoms with van der Waals surface area (Å²) in [5.41, 5.74) is 3.22. The Kier molecular flexibility index (Phi) is 5.96. The van der Waals surface area contributed by atoms with Gasteiger partial charge < -0.3 is 9.73 Å². The molecule has 1 aromatic heterocycles. The highest BCUT2D eigenvalue weighted by Gasteiger charge is 2.14. The van der Waals surface area contributed by atoms with Crippen LogP contribution < -0.4 is 10.0 Å². The number of amides is 1. The number of rotatable bonds is 7. The Morgan fingerprint density at radius 3 is 2.36 bits per heavy atom. The van der Waals surface area contributed by atoms with Gasteiger partial charge in [0.25, 0.3) is 5.91 Å². The number of benzene rings is 2. The van der Waals surface area contributed by atoms with Gasteiger partial charge in [-0.1, -0.05) is 18.2 Å². The molecule has 1 amide bonds. The molecule has 2 N–H and O–H groups in total. The maximum absolute atomic E-state index is 12.5. The molecule has 7 heteroatoms. The molecule has 28 heavy (non-hydrogen) atoms. The monoisotopic (exact) mass is 398 g/mol. The van der Waals surface area contributed by atoms with Crippen LogP contribution in [0.15, 0.2) is 70.2 Å². The van der Waals surface area contributed by atoms with E-state index in [4.69, 9.17) is 4.42 Å². The normalized spacial score (nSPS) is 11.4. The van der Waals surface area contributed by atoms with Gasteiger partial charge in [-0.3, -0.25) is 4.79 Å². The van der Waals surface area contributed by atoms with Crippen LogP contribution in [0.5, 0.6) is 0 Å². The molecular weight excluding hydrogens is 376 g/mol. The van der Waals surface area contributed by atoms with Crippen molar-refractivity contribution in [2.45, 2.75) is 31.8 Å². The van der Waals surface area contributed by atoms with Crippen LogP contribution in [-0.4, -0.2) is 14.3 Å². The summed E-state index contributed by atoms with van der Waals surface area (Å²) in [4.78, 5) is 12.4. The third-order valence-corrected chi connectivity index (χ3v) is 5.87. The quantitative estimate of drug-likeness (QED) is 0.639. The van der Waals surface area contributed by atoms with Gasteiger partial charge in [-0.05, 0) is 66.9 Å². The number of aryl methyl sites for hydroxylation is 2. The highest BCUT2D eigenvalue weighted by molar-refractivity contribution is 7.89. The predicted molar refractivity (Wildman–Crippen MR) is 106 cm³/mol. The van der Waals surface area contributed by atoms with Gasteiger partial charge >= 0.3 is 0 Å². The Balaban J connectivity index is 1.59. The maximum Gasteiger partial charge on any atom is 0.251 e. The standard InChI is InChI=1S/C21H22N2O4S/c1-15-5-10-20(12-16(15)2)28(25,26)23-13-17-6-8-18(9-7-17)21(24)22-14-19-4-3-11-27-19/h3-12,23H,13-14H2,1-2H3,(H,22,24). The molecule has 0 saturated heterocycles. The Labute approximate surface area is 164 Å². The van der Waals surface area contributed by atoms with Gasteiger partial charge in [0.1, 0.15) is 5.76 Å². The molecule has 3 aromatic rings. The van der Waals surface area contributed by atoms with Crippen LogP contribution in [0.1, 0.15) is 32.8 Å². The van der Waals surface area contributed by atoms with E-state index in [0.717, 1.165) is 16.7 Å². The Morgan fingerprint density at radius 2 is 1.71 bits per heavy atom. The third kappa shape index (κ3) is 4.88. The minimum absolute atomic E-state index is 0.142. The van der Waals surface area contributed by atoms with Crippen molar-refractivity contribution in [3.8, 4) is 0 Å². The van der Waals surface area contributed by atoms with E-state index in [1.165, 1.54) is 0 Å². The number of sulfonamides is 1. The van der Waals surface area contributed by atoms with Gasteiger partial charge in [-0.25, -0.2) is 13.1 Å². The summed E-state index contributed by atoms with van der Waals surface area (Å²) in [6.45, 7) is 4.27. The molecule has 6 nitrogen and oxygen atoms in total. The first-order chi connectivity index (χ1) is 13.3. The van der Waals surface area contributed by atoms with Gasteiger partial charge in [0, 0.05) is 12.1 Å². The number of nitrogens with one attached hydrogen (secondary N) is 2. The van der Waals surface area contributed by atoms with E-state index in [0.29, 0.717) is 17.9 Å². The molecule has 0 fully saturated rings. The molecule has 0 bridgehead atoms. The number of carbonyl (C=O) groups excluding carboxylic acids is 1. The van der Waals surface area contributed by atoms with Crippen molar-refractivity contribution in [2.24, 2.45) is 0 Å². The summed E-state index contributed by atoms with van der Waals surface area (Å²) in [6.07, 6.45) is 1.55. The lowest BCUT2D eigenvalue weighted by molar-refractivity contribution is 0.0948. The van der Waals surface area contributed by atoms with Gasteiger partial charge in [-0.2, -0.15) is 0 Å². The van der Waals surface area contributed by atoms with Crippen LogP contribution in [0.2, 0.25) is 0 Å². The molecule has 0 aliphatic rings. The minimum atomic E-state index is -3.60. The second-order valence-corrected chi connectivity index (χ2v) is 8.30. The minimum Gasteiger partial charge on any atom is -0.467 e. The van der Waals surface area contributed by atoms with Crippen molar-refractivity contribution >= 4 is 15.9 Å².